The number of nitrogens with two attached hydrogens (primary N) is 1. The topological polar surface area (TPSA) is 61.5 Å². The minimum Gasteiger partial charge on any atom is -0.462 e. The second-order valence-corrected chi connectivity index (χ2v) is 40.4. The van der Waals surface area contributed by atoms with E-state index < -0.39 is 31.7 Å². The number of hydrogen-bond acceptors (Lipinski definition) is 4. The van der Waals surface area contributed by atoms with Crippen molar-refractivity contribution in [2.24, 2.45) is 5.73 Å². The predicted molar refractivity (Wildman–Crippen MR) is 576 cm³/mol. The number of benzene rings is 18. The first-order valence-electron chi connectivity index (χ1n) is 45.2. The maximum atomic E-state index is 10.5. The van der Waals surface area contributed by atoms with Crippen molar-refractivity contribution in [1.29, 1.82) is 0 Å². The van der Waals surface area contributed by atoms with E-state index in [2.05, 4.69) is 493 Å². The molecule has 2 N–H and O–H groups in total. The van der Waals surface area contributed by atoms with Crippen LogP contribution >= 0.6 is 31.7 Å². The van der Waals surface area contributed by atoms with Crippen molar-refractivity contribution >= 4 is 135 Å². The number of carbonyl (C=O) groups is 1. The minimum absolute atomic E-state index is 0. The number of hydrogen-bond donors (Lipinski definition) is 1. The van der Waals surface area contributed by atoms with Crippen LogP contribution in [0.4, 0.5) is 0 Å². The third-order valence-corrected chi connectivity index (χ3v) is 31.3. The molecular weight excluding hydrogens is 1770 g/mol. The molecule has 18 aromatic rings. The summed E-state index contributed by atoms with van der Waals surface area (Å²) in [5, 5.41) is 22.0. The zero-order chi connectivity index (χ0) is 90.9. The molecule has 0 amide bonds. The summed E-state index contributed by atoms with van der Waals surface area (Å²) in [6.07, 6.45) is 13.2. The first-order valence-corrected chi connectivity index (χ1v) is 50.6. The van der Waals surface area contributed by atoms with Crippen molar-refractivity contribution in [2.45, 2.75) is 72.3 Å². The van der Waals surface area contributed by atoms with Gasteiger partial charge in [0.05, 0.1) is 0 Å². The Morgan fingerprint density at radius 3 is 0.795 bits per heavy atom. The third-order valence-electron chi connectivity index (χ3n) is 21.5. The zero-order valence-electron chi connectivity index (χ0n) is 76.2. The van der Waals surface area contributed by atoms with Crippen molar-refractivity contribution in [3.63, 3.8) is 0 Å². The zero-order valence-corrected chi connectivity index (χ0v) is 81.3. The molecule has 18 aromatic carbocycles. The Balaban J connectivity index is 0.000000148. The molecule has 132 heavy (non-hydrogen) atoms. The molecule has 664 valence electrons. The number of carbonyl (C=O) groups excluding carboxylic acids is 1. The molecule has 1 aliphatic heterocycles. The molecule has 19 rings (SSSR count). The van der Waals surface area contributed by atoms with Crippen LogP contribution < -0.4 is 69.4 Å². The van der Waals surface area contributed by atoms with Gasteiger partial charge in [-0.3, -0.25) is 4.79 Å². The number of ether oxygens (including phenoxy) is 2. The number of esters is 1. The molecule has 0 radical (unpaired) electrons. The van der Waals surface area contributed by atoms with E-state index >= 15 is 0 Å². The van der Waals surface area contributed by atoms with E-state index in [-0.39, 0.29) is 32.4 Å². The fourth-order valence-electron chi connectivity index (χ4n) is 15.2. The summed E-state index contributed by atoms with van der Waals surface area (Å²) >= 11 is 0. The standard InChI is InChI=1S/C23H24.4C18H15P.C12H13N.C12H14O2.C4H8O.Pd/c1-18-9-7-12-20(17-18)11-4-3-10-19(2)22-16-8-14-21-13-5-6-15-23(21)22;4*1-4-10-16(11-5-1)19(17-12-6-2-7-13-17)18-14-8-3-9-15-18;1-9(13)11-8-4-6-10-5-2-3-7-12(10)11;1-10-5-3-6-12(9-10)7-4-8-14-11(2)13;1-2-4-5-3-1;/h4-9,11-17,19H,3,10H2,1-2H3;4*1-15H;2-9H,13H2,1H3;3-7,9H,8H2,1-2H3;1-4H2;/b11-4+;;;;;;7-4+;;/t19-;;;;;9-;;;/m0....1.../s1. The summed E-state index contributed by atoms with van der Waals surface area (Å²) in [7, 11) is -1.78. The maximum absolute atomic E-state index is 10.5. The Bertz CT molecular complexity index is 5420. The SMILES string of the molecule is C1CCOC1.CC(=O)OC/C=C/c1cccc(C)c1.C[C@@H](N)c1cccc2ccccc12.Cc1cccc(/C=C/CC[C@H](C)c2cccc3ccccc23)c1.[Pd].c1ccc(P(c2ccccc2)c2ccccc2)cc1.c1ccc(P(c2ccccc2)c2ccccc2)cc1.c1ccc(P(c2ccccc2)c2ccccc2)cc1.c1ccc(P(c2ccccc2)c2ccccc2)cc1. The average molecular weight is 1890 g/mol. The smallest absolute Gasteiger partial charge is 0.302 e. The molecule has 1 saturated heterocycles. The van der Waals surface area contributed by atoms with E-state index in [9.17, 15) is 4.79 Å². The maximum Gasteiger partial charge on any atom is 0.302 e. The van der Waals surface area contributed by atoms with Crippen LogP contribution in [0.3, 0.4) is 0 Å². The summed E-state index contributed by atoms with van der Waals surface area (Å²) in [4.78, 5) is 10.5. The summed E-state index contributed by atoms with van der Waals surface area (Å²) in [6.45, 7) is 12.3. The number of rotatable bonds is 21. The molecule has 0 aliphatic carbocycles. The quantitative estimate of drug-likeness (QED) is 0.0442. The van der Waals surface area contributed by atoms with E-state index in [0.717, 1.165) is 25.2 Å². The monoisotopic (exact) mass is 1890 g/mol. The molecule has 9 heteroatoms. The van der Waals surface area contributed by atoms with Gasteiger partial charge in [0.25, 0.3) is 0 Å². The molecule has 2 atom stereocenters. The second kappa shape index (κ2) is 57.1. The van der Waals surface area contributed by atoms with Gasteiger partial charge in [-0.15, -0.1) is 0 Å². The first kappa shape index (κ1) is 100. The number of fused-ring (bicyclic) bond motifs is 2. The third kappa shape index (κ3) is 32.9. The molecule has 0 bridgehead atoms. The summed E-state index contributed by atoms with van der Waals surface area (Å²) < 4.78 is 9.71. The van der Waals surface area contributed by atoms with Gasteiger partial charge in [0.1, 0.15) is 6.61 Å². The van der Waals surface area contributed by atoms with Gasteiger partial charge in [0, 0.05) is 46.6 Å². The van der Waals surface area contributed by atoms with Gasteiger partial charge < -0.3 is 15.2 Å². The van der Waals surface area contributed by atoms with Gasteiger partial charge in [-0.2, -0.15) is 0 Å². The Hall–Kier alpha value is -12.3. The number of aryl methyl sites for hydroxylation is 2. The van der Waals surface area contributed by atoms with Crippen molar-refractivity contribution in [3.8, 4) is 0 Å². The Morgan fingerprint density at radius 2 is 0.545 bits per heavy atom. The largest absolute Gasteiger partial charge is 0.462 e. The molecule has 1 fully saturated rings. The first-order chi connectivity index (χ1) is 64.5. The minimum atomic E-state index is -0.446. The molecule has 0 unspecified atom stereocenters. The predicted octanol–water partition coefficient (Wildman–Crippen LogP) is 26.7. The van der Waals surface area contributed by atoms with Crippen LogP contribution in [0, 0.1) is 13.8 Å². The number of allylic oxidation sites excluding steroid dienone is 1. The van der Waals surface area contributed by atoms with E-state index in [1.807, 2.05) is 56.3 Å². The molecule has 4 nitrogen and oxygen atoms in total. The van der Waals surface area contributed by atoms with E-state index in [0.29, 0.717) is 12.5 Å². The van der Waals surface area contributed by atoms with Crippen LogP contribution in [0.5, 0.6) is 0 Å². The van der Waals surface area contributed by atoms with Gasteiger partial charge in [-0.1, -0.05) is 534 Å². The molecule has 1 aliphatic rings. The molecule has 0 saturated carbocycles. The average Bonchev–Trinajstić information content (AvgIpc) is 0.913. The molecule has 0 aromatic heterocycles. The van der Waals surface area contributed by atoms with Crippen LogP contribution in [-0.2, 0) is 34.7 Å². The van der Waals surface area contributed by atoms with E-state index in [1.165, 1.54) is 139 Å². The van der Waals surface area contributed by atoms with Crippen LogP contribution in [0.2, 0.25) is 0 Å². The molecular formula is C123H119NO3P4Pd. The summed E-state index contributed by atoms with van der Waals surface area (Å²) in [5.41, 5.74) is 13.5. The second-order valence-electron chi connectivity index (χ2n) is 31.5. The molecule has 1 heterocycles. The van der Waals surface area contributed by atoms with Crippen LogP contribution in [0.25, 0.3) is 33.7 Å². The summed E-state index contributed by atoms with van der Waals surface area (Å²) in [5.74, 6) is 0.321. The van der Waals surface area contributed by atoms with Gasteiger partial charge >= 0.3 is 5.97 Å². The van der Waals surface area contributed by atoms with Crippen molar-refractivity contribution < 1.29 is 34.7 Å². The van der Waals surface area contributed by atoms with E-state index in [4.69, 9.17) is 15.2 Å². The van der Waals surface area contributed by atoms with Crippen molar-refractivity contribution in [2.75, 3.05) is 19.8 Å². The Kier molecular flexibility index (Phi) is 43.4. The fourth-order valence-corrected chi connectivity index (χ4v) is 24.4. The normalized spacial score (nSPS) is 11.6. The Labute approximate surface area is 804 Å². The van der Waals surface area contributed by atoms with E-state index in [1.54, 1.807) is 0 Å². The van der Waals surface area contributed by atoms with Crippen molar-refractivity contribution in [1.82, 2.24) is 0 Å². The van der Waals surface area contributed by atoms with Gasteiger partial charge in [-0.25, -0.2) is 0 Å². The molecule has 0 spiro atoms. The fraction of sp³-hybridized carbons (Fsp3) is 0.114. The van der Waals surface area contributed by atoms with Gasteiger partial charge in [-0.05, 0) is 198 Å². The van der Waals surface area contributed by atoms with Crippen LogP contribution in [0.15, 0.2) is 510 Å². The van der Waals surface area contributed by atoms with Crippen LogP contribution in [0.1, 0.15) is 91.8 Å². The Morgan fingerprint density at radius 1 is 0.311 bits per heavy atom. The van der Waals surface area contributed by atoms with Gasteiger partial charge in [0.15, 0.2) is 0 Å². The van der Waals surface area contributed by atoms with Crippen LogP contribution in [-0.4, -0.2) is 25.8 Å². The summed E-state index contributed by atoms with van der Waals surface area (Å²) in [6, 6.07) is 176. The van der Waals surface area contributed by atoms with Gasteiger partial charge in [0.2, 0.25) is 0 Å². The van der Waals surface area contributed by atoms with Crippen molar-refractivity contribution in [3.05, 3.63) is 543 Å².